The number of amides is 1. The van der Waals surface area contributed by atoms with E-state index >= 15 is 0 Å². The number of likely N-dealkylation sites (tertiary alicyclic amines) is 1. The molecule has 1 saturated heterocycles. The van der Waals surface area contributed by atoms with Gasteiger partial charge in [-0.25, -0.2) is 19.7 Å². The molecule has 29 heavy (non-hydrogen) atoms. The third-order valence-electron chi connectivity index (χ3n) is 5.09. The second kappa shape index (κ2) is 6.87. The smallest absolute Gasteiger partial charge is 0.407 e. The van der Waals surface area contributed by atoms with Crippen LogP contribution in [0, 0.1) is 5.41 Å². The van der Waals surface area contributed by atoms with Crippen molar-refractivity contribution in [3.63, 3.8) is 0 Å². The maximum atomic E-state index is 11.7. The van der Waals surface area contributed by atoms with Crippen LogP contribution in [0.3, 0.4) is 0 Å². The van der Waals surface area contributed by atoms with Gasteiger partial charge in [-0.15, -0.1) is 0 Å². The number of rotatable bonds is 3. The summed E-state index contributed by atoms with van der Waals surface area (Å²) in [5.74, 6) is 0.573. The van der Waals surface area contributed by atoms with Gasteiger partial charge in [0.15, 0.2) is 5.82 Å². The van der Waals surface area contributed by atoms with Crippen LogP contribution < -0.4 is 10.4 Å². The van der Waals surface area contributed by atoms with Crippen LogP contribution >= 0.6 is 0 Å². The van der Waals surface area contributed by atoms with Crippen molar-refractivity contribution in [1.29, 1.82) is 0 Å². The van der Waals surface area contributed by atoms with Gasteiger partial charge >= 0.3 is 11.8 Å². The maximum absolute atomic E-state index is 11.7. The summed E-state index contributed by atoms with van der Waals surface area (Å²) in [5, 5.41) is 16.6. The highest BCUT2D eigenvalue weighted by Gasteiger charge is 2.43. The normalized spacial score (nSPS) is 19.6. The fraction of sp³-hybridized carbons (Fsp3) is 0.421. The van der Waals surface area contributed by atoms with Gasteiger partial charge < -0.3 is 14.7 Å². The Balaban J connectivity index is 1.70. The summed E-state index contributed by atoms with van der Waals surface area (Å²) in [6.45, 7) is 6.29. The van der Waals surface area contributed by atoms with Gasteiger partial charge in [0, 0.05) is 24.0 Å². The number of carbonyl (C=O) groups is 1. The van der Waals surface area contributed by atoms with Crippen LogP contribution in [0.1, 0.15) is 27.2 Å². The predicted octanol–water partition coefficient (Wildman–Crippen LogP) is 2.25. The van der Waals surface area contributed by atoms with Crippen LogP contribution in [0.4, 0.5) is 4.79 Å². The van der Waals surface area contributed by atoms with Crippen LogP contribution in [0.2, 0.25) is 0 Å². The minimum atomic E-state index is -0.963. The highest BCUT2D eigenvalue weighted by molar-refractivity contribution is 5.85. The molecule has 0 spiro atoms. The van der Waals surface area contributed by atoms with E-state index in [2.05, 4.69) is 25.1 Å². The summed E-state index contributed by atoms with van der Waals surface area (Å²) in [6.07, 6.45) is 0.870. The van der Waals surface area contributed by atoms with Gasteiger partial charge in [-0.05, 0) is 17.5 Å². The molecule has 0 saturated carbocycles. The molecule has 3 aromatic rings. The molecule has 2 atom stereocenters. The number of nitrogens with zero attached hydrogens (tertiary/aromatic N) is 4. The number of H-pyrrole nitrogens is 2. The molecule has 0 aliphatic carbocycles. The summed E-state index contributed by atoms with van der Waals surface area (Å²) >= 11 is 0. The molecule has 3 N–H and O–H groups in total. The van der Waals surface area contributed by atoms with E-state index in [0.717, 1.165) is 5.39 Å². The molecule has 1 amide bonds. The minimum absolute atomic E-state index is 0.171. The number of carboxylic acid groups (broad SMARTS) is 1. The van der Waals surface area contributed by atoms with Crippen molar-refractivity contribution in [2.75, 3.05) is 6.54 Å². The maximum Gasteiger partial charge on any atom is 0.407 e. The van der Waals surface area contributed by atoms with Crippen LogP contribution in [-0.4, -0.2) is 59.9 Å². The van der Waals surface area contributed by atoms with E-state index < -0.39 is 11.8 Å². The first-order valence-corrected chi connectivity index (χ1v) is 9.29. The number of aromatic amines is 2. The molecular weight excluding hydrogens is 376 g/mol. The Morgan fingerprint density at radius 1 is 1.38 bits per heavy atom. The number of ether oxygens (including phenoxy) is 1. The van der Waals surface area contributed by atoms with Crippen molar-refractivity contribution < 1.29 is 14.6 Å². The van der Waals surface area contributed by atoms with Crippen LogP contribution in [0.5, 0.6) is 5.88 Å². The van der Waals surface area contributed by atoms with Crippen molar-refractivity contribution in [3.05, 3.63) is 34.9 Å². The Morgan fingerprint density at radius 3 is 2.79 bits per heavy atom. The molecule has 152 valence electrons. The van der Waals surface area contributed by atoms with E-state index in [9.17, 15) is 14.7 Å². The van der Waals surface area contributed by atoms with Gasteiger partial charge in [-0.1, -0.05) is 26.8 Å². The molecule has 3 aromatic heterocycles. The average Bonchev–Trinajstić information content (AvgIpc) is 3.28. The van der Waals surface area contributed by atoms with Crippen molar-refractivity contribution >= 4 is 17.0 Å². The quantitative estimate of drug-likeness (QED) is 0.615. The summed E-state index contributed by atoms with van der Waals surface area (Å²) in [7, 11) is 0. The second-order valence-electron chi connectivity index (χ2n) is 8.21. The lowest BCUT2D eigenvalue weighted by Gasteiger charge is -2.32. The number of fused-ring (bicyclic) bond motifs is 1. The van der Waals surface area contributed by atoms with Crippen LogP contribution in [-0.2, 0) is 0 Å². The number of nitrogens with one attached hydrogen (secondary N) is 2. The number of pyridine rings is 2. The molecular formula is C19H22N6O4. The van der Waals surface area contributed by atoms with Gasteiger partial charge in [0.2, 0.25) is 5.88 Å². The van der Waals surface area contributed by atoms with Gasteiger partial charge in [-0.2, -0.15) is 5.10 Å². The lowest BCUT2D eigenvalue weighted by atomic mass is 9.85. The Morgan fingerprint density at radius 2 is 2.17 bits per heavy atom. The van der Waals surface area contributed by atoms with E-state index in [4.69, 9.17) is 4.74 Å². The third kappa shape index (κ3) is 3.65. The SMILES string of the molecule is CC(C)(C)C1CC(Oc2nc(-c3n[nH]c(=O)[nH]3)cc3cccnc23)CN1C(=O)O. The van der Waals surface area contributed by atoms with E-state index in [-0.39, 0.29) is 35.8 Å². The Hall–Kier alpha value is -3.43. The largest absolute Gasteiger partial charge is 0.471 e. The molecule has 0 radical (unpaired) electrons. The molecule has 10 nitrogen and oxygen atoms in total. The van der Waals surface area contributed by atoms with Crippen molar-refractivity contribution in [3.8, 4) is 17.4 Å². The highest BCUT2D eigenvalue weighted by atomic mass is 16.5. The molecule has 1 aliphatic rings. The van der Waals surface area contributed by atoms with Gasteiger partial charge in [0.05, 0.1) is 6.54 Å². The summed E-state index contributed by atoms with van der Waals surface area (Å²) in [6, 6.07) is 5.24. The van der Waals surface area contributed by atoms with E-state index in [0.29, 0.717) is 17.6 Å². The van der Waals surface area contributed by atoms with Crippen molar-refractivity contribution in [1.82, 2.24) is 30.0 Å². The average molecular weight is 398 g/mol. The molecule has 4 heterocycles. The summed E-state index contributed by atoms with van der Waals surface area (Å²) in [4.78, 5) is 36.0. The van der Waals surface area contributed by atoms with Gasteiger partial charge in [0.1, 0.15) is 17.3 Å². The van der Waals surface area contributed by atoms with Crippen LogP contribution in [0.15, 0.2) is 29.2 Å². The molecule has 0 aromatic carbocycles. The number of hydrogen-bond acceptors (Lipinski definition) is 6. The zero-order valence-electron chi connectivity index (χ0n) is 16.3. The van der Waals surface area contributed by atoms with Crippen molar-refractivity contribution in [2.45, 2.75) is 39.3 Å². The van der Waals surface area contributed by atoms with Crippen LogP contribution in [0.25, 0.3) is 22.4 Å². The van der Waals surface area contributed by atoms with E-state index in [1.165, 1.54) is 4.90 Å². The number of aromatic nitrogens is 5. The molecule has 1 aliphatic heterocycles. The third-order valence-corrected chi connectivity index (χ3v) is 5.09. The molecule has 1 fully saturated rings. The summed E-state index contributed by atoms with van der Waals surface area (Å²) in [5.41, 5.74) is 0.339. The van der Waals surface area contributed by atoms with E-state index in [1.54, 1.807) is 18.3 Å². The zero-order chi connectivity index (χ0) is 20.8. The first-order chi connectivity index (χ1) is 13.7. The fourth-order valence-electron chi connectivity index (χ4n) is 3.72. The molecule has 10 heteroatoms. The minimum Gasteiger partial charge on any atom is -0.471 e. The van der Waals surface area contributed by atoms with Gasteiger partial charge in [-0.3, -0.25) is 9.97 Å². The first kappa shape index (κ1) is 18.9. The standard InChI is InChI=1S/C19H22N6O4/c1-19(2,3)13-8-11(9-25(13)18(27)28)29-16-14-10(5-4-6-20-14)7-12(21-16)15-22-17(26)24-23-15/h4-7,11,13H,8-9H2,1-3H3,(H,27,28)(H2,22,23,24,26). The van der Waals surface area contributed by atoms with Gasteiger partial charge in [0.25, 0.3) is 0 Å². The molecule has 0 bridgehead atoms. The first-order valence-electron chi connectivity index (χ1n) is 9.29. The Labute approximate surface area is 165 Å². The monoisotopic (exact) mass is 398 g/mol. The highest BCUT2D eigenvalue weighted by Crippen LogP contribution is 2.35. The fourth-order valence-corrected chi connectivity index (χ4v) is 3.72. The predicted molar refractivity (Wildman–Crippen MR) is 105 cm³/mol. The molecule has 2 unspecified atom stereocenters. The Bertz CT molecular complexity index is 1120. The van der Waals surface area contributed by atoms with Crippen molar-refractivity contribution in [2.24, 2.45) is 5.41 Å². The lowest BCUT2D eigenvalue weighted by Crippen LogP contribution is -2.42. The van der Waals surface area contributed by atoms with E-state index in [1.807, 2.05) is 26.8 Å². The molecule has 4 rings (SSSR count). The topological polar surface area (TPSA) is 137 Å². The zero-order valence-corrected chi connectivity index (χ0v) is 16.3. The summed E-state index contributed by atoms with van der Waals surface area (Å²) < 4.78 is 6.15. The number of hydrogen-bond donors (Lipinski definition) is 3. The lowest BCUT2D eigenvalue weighted by molar-refractivity contribution is 0.105. The second-order valence-corrected chi connectivity index (χ2v) is 8.21. The Kier molecular flexibility index (Phi) is 4.48.